The molecule has 86 valence electrons. The van der Waals surface area contributed by atoms with Crippen LogP contribution in [0.5, 0.6) is 0 Å². The molecule has 0 atom stereocenters. The van der Waals surface area contributed by atoms with Gasteiger partial charge in [0.1, 0.15) is 0 Å². The average Bonchev–Trinajstić information content (AvgIpc) is 2.63. The van der Waals surface area contributed by atoms with E-state index in [-0.39, 0.29) is 4.34 Å². The van der Waals surface area contributed by atoms with Crippen molar-refractivity contribution in [1.29, 1.82) is 0 Å². The number of hydrogen-bond donors (Lipinski definition) is 0. The Morgan fingerprint density at radius 1 is 1.40 bits per heavy atom. The Labute approximate surface area is 98.4 Å². The molecule has 0 unspecified atom stereocenters. The summed E-state index contributed by atoms with van der Waals surface area (Å²) in [6, 6.07) is 0. The molecule has 0 spiro atoms. The summed E-state index contributed by atoms with van der Waals surface area (Å²) >= 11 is 2.71. The molecule has 0 aromatic carbocycles. The van der Waals surface area contributed by atoms with Crippen LogP contribution in [0.1, 0.15) is 27.2 Å². The van der Waals surface area contributed by atoms with E-state index in [0.29, 0.717) is 0 Å². The van der Waals surface area contributed by atoms with Crippen LogP contribution in [0.15, 0.2) is 8.68 Å². The minimum atomic E-state index is -3.25. The minimum Gasteiger partial charge on any atom is -0.221 e. The van der Waals surface area contributed by atoms with Crippen LogP contribution in [0.4, 0.5) is 0 Å². The normalized spacial score (nSPS) is 12.3. The van der Waals surface area contributed by atoms with Crippen LogP contribution in [0.2, 0.25) is 0 Å². The summed E-state index contributed by atoms with van der Waals surface area (Å²) in [5.74, 6) is 0.941. The van der Waals surface area contributed by atoms with E-state index in [1.165, 1.54) is 0 Å². The van der Waals surface area contributed by atoms with Gasteiger partial charge in [0.25, 0.3) is 0 Å². The van der Waals surface area contributed by atoms with Crippen molar-refractivity contribution < 1.29 is 8.42 Å². The van der Waals surface area contributed by atoms with E-state index >= 15 is 0 Å². The smallest absolute Gasteiger partial charge is 0.221 e. The van der Waals surface area contributed by atoms with E-state index in [9.17, 15) is 8.42 Å². The Balaban J connectivity index is 2.85. The molecular weight excluding hydrogens is 252 g/mol. The number of thioether (sulfide) groups is 1. The predicted octanol–water partition coefficient (Wildman–Crippen LogP) is 2.22. The highest BCUT2D eigenvalue weighted by Gasteiger charge is 2.24. The molecule has 1 aromatic heterocycles. The van der Waals surface area contributed by atoms with Crippen molar-refractivity contribution in [3.63, 3.8) is 0 Å². The van der Waals surface area contributed by atoms with Crippen LogP contribution >= 0.6 is 23.1 Å². The highest BCUT2D eigenvalue weighted by atomic mass is 32.2. The van der Waals surface area contributed by atoms with Crippen molar-refractivity contribution in [3.8, 4) is 0 Å². The molecule has 15 heavy (non-hydrogen) atoms. The van der Waals surface area contributed by atoms with Gasteiger partial charge in [-0.05, 0) is 20.3 Å². The molecule has 0 N–H and O–H groups in total. The van der Waals surface area contributed by atoms with Crippen LogP contribution in [-0.2, 0) is 9.84 Å². The molecule has 1 heterocycles. The summed E-state index contributed by atoms with van der Waals surface area (Å²) in [5.41, 5.74) is 0. The van der Waals surface area contributed by atoms with Crippen molar-refractivity contribution >= 4 is 32.9 Å². The fourth-order valence-electron chi connectivity index (χ4n) is 0.761. The number of aromatic nitrogens is 2. The first kappa shape index (κ1) is 12.9. The zero-order chi connectivity index (χ0) is 11.5. The Kier molecular flexibility index (Phi) is 4.54. The number of nitrogens with zero attached hydrogens (tertiary/aromatic N) is 2. The van der Waals surface area contributed by atoms with Crippen molar-refractivity contribution in [2.45, 2.75) is 41.1 Å². The second-order valence-corrected chi connectivity index (χ2v) is 8.27. The SMILES string of the molecule is CCCSc1nnc(S(=O)(=O)C(C)C)s1. The summed E-state index contributed by atoms with van der Waals surface area (Å²) in [6.45, 7) is 5.37. The lowest BCUT2D eigenvalue weighted by molar-refractivity contribution is 0.585. The molecule has 0 aliphatic rings. The Bertz CT molecular complexity index is 411. The molecule has 4 nitrogen and oxygen atoms in total. The monoisotopic (exact) mass is 266 g/mol. The van der Waals surface area contributed by atoms with Gasteiger partial charge < -0.3 is 0 Å². The Morgan fingerprint density at radius 3 is 2.60 bits per heavy atom. The lowest BCUT2D eigenvalue weighted by Gasteiger charge is -2.01. The zero-order valence-corrected chi connectivity index (χ0v) is 11.4. The molecule has 1 aromatic rings. The van der Waals surface area contributed by atoms with Crippen LogP contribution in [0.3, 0.4) is 0 Å². The standard InChI is InChI=1S/C8H14N2O2S3/c1-4-5-13-7-9-10-8(14-7)15(11,12)6(2)3/h6H,4-5H2,1-3H3. The first-order valence-electron chi connectivity index (χ1n) is 4.68. The van der Waals surface area contributed by atoms with Crippen LogP contribution in [0.25, 0.3) is 0 Å². The molecule has 7 heteroatoms. The molecule has 0 fully saturated rings. The first-order chi connectivity index (χ1) is 6.98. The molecule has 0 amide bonds. The fourth-order valence-corrected chi connectivity index (χ4v) is 4.27. The molecule has 0 saturated heterocycles. The molecule has 0 aliphatic carbocycles. The van der Waals surface area contributed by atoms with Gasteiger partial charge in [0.2, 0.25) is 14.2 Å². The Hall–Kier alpha value is -0.140. The van der Waals surface area contributed by atoms with Gasteiger partial charge in [0, 0.05) is 5.75 Å². The van der Waals surface area contributed by atoms with E-state index in [0.717, 1.165) is 27.9 Å². The highest BCUT2D eigenvalue weighted by molar-refractivity contribution is 8.01. The average molecular weight is 266 g/mol. The van der Waals surface area contributed by atoms with Gasteiger partial charge in [0.15, 0.2) is 4.34 Å². The van der Waals surface area contributed by atoms with Crippen LogP contribution < -0.4 is 0 Å². The lowest BCUT2D eigenvalue weighted by Crippen LogP contribution is -2.13. The molecule has 0 aliphatic heterocycles. The van der Waals surface area contributed by atoms with Crippen molar-refractivity contribution in [2.24, 2.45) is 0 Å². The van der Waals surface area contributed by atoms with Gasteiger partial charge in [-0.25, -0.2) is 8.42 Å². The molecule has 0 bridgehead atoms. The van der Waals surface area contributed by atoms with E-state index in [1.54, 1.807) is 25.6 Å². The largest absolute Gasteiger partial charge is 0.233 e. The molecular formula is C8H14N2O2S3. The second kappa shape index (κ2) is 5.27. The predicted molar refractivity (Wildman–Crippen MR) is 63.2 cm³/mol. The van der Waals surface area contributed by atoms with Gasteiger partial charge in [0.05, 0.1) is 5.25 Å². The van der Waals surface area contributed by atoms with Gasteiger partial charge >= 0.3 is 0 Å². The zero-order valence-electron chi connectivity index (χ0n) is 8.93. The summed E-state index contributed by atoms with van der Waals surface area (Å²) in [6.07, 6.45) is 1.04. The summed E-state index contributed by atoms with van der Waals surface area (Å²) < 4.78 is 24.3. The van der Waals surface area contributed by atoms with Gasteiger partial charge in [-0.2, -0.15) is 0 Å². The molecule has 0 saturated carbocycles. The fraction of sp³-hybridized carbons (Fsp3) is 0.750. The maximum Gasteiger partial charge on any atom is 0.233 e. The quantitative estimate of drug-likeness (QED) is 0.765. The first-order valence-corrected chi connectivity index (χ1v) is 8.03. The molecule has 1 rings (SSSR count). The van der Waals surface area contributed by atoms with Crippen molar-refractivity contribution in [1.82, 2.24) is 10.2 Å². The van der Waals surface area contributed by atoms with E-state index in [4.69, 9.17) is 0 Å². The maximum absolute atomic E-state index is 11.7. The van der Waals surface area contributed by atoms with Crippen LogP contribution in [0, 0.1) is 0 Å². The lowest BCUT2D eigenvalue weighted by atomic mass is 10.6. The topological polar surface area (TPSA) is 59.9 Å². The van der Waals surface area contributed by atoms with Gasteiger partial charge in [-0.15, -0.1) is 10.2 Å². The summed E-state index contributed by atoms with van der Waals surface area (Å²) in [4.78, 5) is 0. The van der Waals surface area contributed by atoms with E-state index in [1.807, 2.05) is 0 Å². The third-order valence-electron chi connectivity index (χ3n) is 1.68. The number of rotatable bonds is 5. The number of hydrogen-bond acceptors (Lipinski definition) is 6. The van der Waals surface area contributed by atoms with Crippen molar-refractivity contribution in [3.05, 3.63) is 0 Å². The summed E-state index contributed by atoms with van der Waals surface area (Å²) in [7, 11) is -3.25. The van der Waals surface area contributed by atoms with Crippen molar-refractivity contribution in [2.75, 3.05) is 5.75 Å². The number of sulfone groups is 1. The highest BCUT2D eigenvalue weighted by Crippen LogP contribution is 2.27. The Morgan fingerprint density at radius 2 is 2.07 bits per heavy atom. The van der Waals surface area contributed by atoms with Gasteiger partial charge in [-0.1, -0.05) is 30.0 Å². The minimum absolute atomic E-state index is 0.135. The van der Waals surface area contributed by atoms with Gasteiger partial charge in [-0.3, -0.25) is 0 Å². The third kappa shape index (κ3) is 3.15. The summed E-state index contributed by atoms with van der Waals surface area (Å²) in [5, 5.41) is 7.14. The van der Waals surface area contributed by atoms with E-state index in [2.05, 4.69) is 17.1 Å². The van der Waals surface area contributed by atoms with E-state index < -0.39 is 15.1 Å². The van der Waals surface area contributed by atoms with Crippen LogP contribution in [-0.4, -0.2) is 29.6 Å². The second-order valence-electron chi connectivity index (χ2n) is 3.28. The third-order valence-corrected chi connectivity index (χ3v) is 6.50. The molecule has 0 radical (unpaired) electrons. The maximum atomic E-state index is 11.7.